The van der Waals surface area contributed by atoms with Gasteiger partial charge < -0.3 is 5.32 Å². The maximum absolute atomic E-state index is 12.1. The summed E-state index contributed by atoms with van der Waals surface area (Å²) in [6.07, 6.45) is 6.28. The average Bonchev–Trinajstić information content (AvgIpc) is 2.85. The number of halogens is 1. The van der Waals surface area contributed by atoms with Crippen molar-refractivity contribution in [2.75, 3.05) is 6.54 Å². The van der Waals surface area contributed by atoms with Crippen LogP contribution in [0.15, 0.2) is 28.7 Å². The number of nitrogens with one attached hydrogen (secondary N) is 1. The van der Waals surface area contributed by atoms with Gasteiger partial charge in [0.05, 0.1) is 0 Å². The summed E-state index contributed by atoms with van der Waals surface area (Å²) in [5.74, 6) is 0.0380. The molecule has 0 aliphatic heterocycles. The predicted octanol–water partition coefficient (Wildman–Crippen LogP) is 4.15. The van der Waals surface area contributed by atoms with Crippen molar-refractivity contribution in [3.05, 3.63) is 34.3 Å². The Morgan fingerprint density at radius 1 is 1.39 bits per heavy atom. The fourth-order valence-corrected chi connectivity index (χ4v) is 3.18. The number of hydrogen-bond donors (Lipinski definition) is 1. The Labute approximate surface area is 117 Å². The van der Waals surface area contributed by atoms with Gasteiger partial charge in [0.15, 0.2) is 0 Å². The number of benzene rings is 1. The molecule has 98 valence electrons. The summed E-state index contributed by atoms with van der Waals surface area (Å²) in [5, 5.41) is 3.10. The van der Waals surface area contributed by atoms with E-state index in [1.165, 1.54) is 25.7 Å². The molecule has 1 fully saturated rings. The second-order valence-electron chi connectivity index (χ2n) is 5.25. The number of amides is 1. The van der Waals surface area contributed by atoms with Crippen molar-refractivity contribution in [2.45, 2.75) is 39.0 Å². The maximum Gasteiger partial charge on any atom is 0.251 e. The van der Waals surface area contributed by atoms with Gasteiger partial charge in [-0.05, 0) is 42.9 Å². The monoisotopic (exact) mass is 309 g/mol. The van der Waals surface area contributed by atoms with E-state index in [4.69, 9.17) is 0 Å². The maximum atomic E-state index is 12.1. The second-order valence-corrected chi connectivity index (χ2v) is 6.17. The minimum absolute atomic E-state index is 0.0380. The van der Waals surface area contributed by atoms with Gasteiger partial charge in [0, 0.05) is 16.6 Å². The summed E-state index contributed by atoms with van der Waals surface area (Å²) < 4.78 is 0.946. The molecular weight excluding hydrogens is 290 g/mol. The SMILES string of the molecule is CCC1(CNC(=O)c2cccc(Br)c2)CCCC1. The number of hydrogen-bond acceptors (Lipinski definition) is 1. The molecule has 0 aromatic heterocycles. The topological polar surface area (TPSA) is 29.1 Å². The highest BCUT2D eigenvalue weighted by Gasteiger charge is 2.32. The van der Waals surface area contributed by atoms with Crippen molar-refractivity contribution in [2.24, 2.45) is 5.41 Å². The van der Waals surface area contributed by atoms with Gasteiger partial charge in [0.2, 0.25) is 0 Å². The standard InChI is InChI=1S/C15H20BrNO/c1-2-15(8-3-4-9-15)11-17-14(18)12-6-5-7-13(16)10-12/h5-7,10H,2-4,8-9,11H2,1H3,(H,17,18). The molecule has 1 saturated carbocycles. The van der Waals surface area contributed by atoms with E-state index in [0.717, 1.165) is 23.0 Å². The molecule has 0 heterocycles. The summed E-state index contributed by atoms with van der Waals surface area (Å²) >= 11 is 3.39. The van der Waals surface area contributed by atoms with E-state index in [2.05, 4.69) is 28.2 Å². The van der Waals surface area contributed by atoms with Crippen LogP contribution in [0, 0.1) is 5.41 Å². The molecule has 1 aliphatic rings. The third-order valence-corrected chi connectivity index (χ3v) is 4.62. The van der Waals surface area contributed by atoms with Gasteiger partial charge in [-0.15, -0.1) is 0 Å². The molecule has 2 rings (SSSR count). The van der Waals surface area contributed by atoms with E-state index in [1.54, 1.807) is 0 Å². The minimum atomic E-state index is 0.0380. The summed E-state index contributed by atoms with van der Waals surface area (Å²) in [6, 6.07) is 7.54. The lowest BCUT2D eigenvalue weighted by molar-refractivity contribution is 0.0928. The van der Waals surface area contributed by atoms with E-state index in [9.17, 15) is 4.79 Å². The molecule has 1 aliphatic carbocycles. The summed E-state index contributed by atoms with van der Waals surface area (Å²) in [6.45, 7) is 3.05. The van der Waals surface area contributed by atoms with Crippen molar-refractivity contribution >= 4 is 21.8 Å². The lowest BCUT2D eigenvalue weighted by Gasteiger charge is -2.27. The van der Waals surface area contributed by atoms with Crippen LogP contribution in [-0.4, -0.2) is 12.5 Å². The smallest absolute Gasteiger partial charge is 0.251 e. The van der Waals surface area contributed by atoms with Crippen LogP contribution in [0.25, 0.3) is 0 Å². The summed E-state index contributed by atoms with van der Waals surface area (Å²) in [7, 11) is 0. The highest BCUT2D eigenvalue weighted by Crippen LogP contribution is 2.40. The number of carbonyl (C=O) groups is 1. The Morgan fingerprint density at radius 2 is 2.11 bits per heavy atom. The van der Waals surface area contributed by atoms with Crippen LogP contribution < -0.4 is 5.32 Å². The zero-order valence-electron chi connectivity index (χ0n) is 10.8. The Hall–Kier alpha value is -0.830. The first-order valence-corrected chi connectivity index (χ1v) is 7.48. The molecular formula is C15H20BrNO. The Bertz CT molecular complexity index is 424. The normalized spacial score (nSPS) is 17.7. The quantitative estimate of drug-likeness (QED) is 0.889. The van der Waals surface area contributed by atoms with E-state index >= 15 is 0 Å². The van der Waals surface area contributed by atoms with Gasteiger partial charge in [-0.25, -0.2) is 0 Å². The first-order valence-electron chi connectivity index (χ1n) is 6.69. The molecule has 1 aromatic carbocycles. The van der Waals surface area contributed by atoms with Crippen LogP contribution in [0.4, 0.5) is 0 Å². The van der Waals surface area contributed by atoms with Crippen molar-refractivity contribution < 1.29 is 4.79 Å². The third kappa shape index (κ3) is 3.14. The van der Waals surface area contributed by atoms with Gasteiger partial charge in [0.1, 0.15) is 0 Å². The van der Waals surface area contributed by atoms with Gasteiger partial charge in [0.25, 0.3) is 5.91 Å². The van der Waals surface area contributed by atoms with E-state index in [1.807, 2.05) is 24.3 Å². The Balaban J connectivity index is 1.96. The first-order chi connectivity index (χ1) is 8.65. The van der Waals surface area contributed by atoms with E-state index in [-0.39, 0.29) is 5.91 Å². The van der Waals surface area contributed by atoms with E-state index < -0.39 is 0 Å². The van der Waals surface area contributed by atoms with Crippen molar-refractivity contribution in [1.29, 1.82) is 0 Å². The fourth-order valence-electron chi connectivity index (χ4n) is 2.78. The van der Waals surface area contributed by atoms with E-state index in [0.29, 0.717) is 5.41 Å². The summed E-state index contributed by atoms with van der Waals surface area (Å²) in [4.78, 5) is 12.1. The molecule has 0 radical (unpaired) electrons. The lowest BCUT2D eigenvalue weighted by Crippen LogP contribution is -2.35. The molecule has 1 N–H and O–H groups in total. The minimum Gasteiger partial charge on any atom is -0.351 e. The molecule has 2 nitrogen and oxygen atoms in total. The van der Waals surface area contributed by atoms with Crippen molar-refractivity contribution in [3.63, 3.8) is 0 Å². The number of rotatable bonds is 4. The zero-order valence-corrected chi connectivity index (χ0v) is 12.4. The largest absolute Gasteiger partial charge is 0.351 e. The molecule has 18 heavy (non-hydrogen) atoms. The highest BCUT2D eigenvalue weighted by molar-refractivity contribution is 9.10. The van der Waals surface area contributed by atoms with Crippen molar-refractivity contribution in [3.8, 4) is 0 Å². The lowest BCUT2D eigenvalue weighted by atomic mass is 9.83. The van der Waals surface area contributed by atoms with Crippen LogP contribution >= 0.6 is 15.9 Å². The first kappa shape index (κ1) is 13.6. The Kier molecular flexibility index (Phi) is 4.44. The molecule has 0 bridgehead atoms. The molecule has 0 spiro atoms. The molecule has 0 unspecified atom stereocenters. The van der Waals surface area contributed by atoms with Crippen LogP contribution in [0.1, 0.15) is 49.4 Å². The average molecular weight is 310 g/mol. The van der Waals surface area contributed by atoms with Gasteiger partial charge in [-0.1, -0.05) is 41.8 Å². The molecule has 3 heteroatoms. The van der Waals surface area contributed by atoms with Gasteiger partial charge >= 0.3 is 0 Å². The van der Waals surface area contributed by atoms with Crippen molar-refractivity contribution in [1.82, 2.24) is 5.32 Å². The number of carbonyl (C=O) groups excluding carboxylic acids is 1. The van der Waals surface area contributed by atoms with Crippen LogP contribution in [-0.2, 0) is 0 Å². The molecule has 1 aromatic rings. The predicted molar refractivity (Wildman–Crippen MR) is 77.7 cm³/mol. The second kappa shape index (κ2) is 5.87. The van der Waals surface area contributed by atoms with Crippen LogP contribution in [0.3, 0.4) is 0 Å². The zero-order chi connectivity index (χ0) is 13.0. The Morgan fingerprint density at radius 3 is 2.72 bits per heavy atom. The summed E-state index contributed by atoms with van der Waals surface area (Å²) in [5.41, 5.74) is 1.08. The fraction of sp³-hybridized carbons (Fsp3) is 0.533. The van der Waals surface area contributed by atoms with Gasteiger partial charge in [-0.3, -0.25) is 4.79 Å². The molecule has 1 amide bonds. The molecule has 0 saturated heterocycles. The third-order valence-electron chi connectivity index (χ3n) is 4.12. The molecule has 0 atom stereocenters. The van der Waals surface area contributed by atoms with Crippen LogP contribution in [0.5, 0.6) is 0 Å². The highest BCUT2D eigenvalue weighted by atomic mass is 79.9. The van der Waals surface area contributed by atoms with Crippen LogP contribution in [0.2, 0.25) is 0 Å². The van der Waals surface area contributed by atoms with Gasteiger partial charge in [-0.2, -0.15) is 0 Å².